The molecule has 5 nitrogen and oxygen atoms in total. The highest BCUT2D eigenvalue weighted by molar-refractivity contribution is 7.92. The van der Waals surface area contributed by atoms with Gasteiger partial charge in [0.25, 0.3) is 10.0 Å². The minimum Gasteiger partial charge on any atom is -0.276 e. The lowest BCUT2D eigenvalue weighted by atomic mass is 10.2. The summed E-state index contributed by atoms with van der Waals surface area (Å²) in [6, 6.07) is 9.04. The van der Waals surface area contributed by atoms with Crippen molar-refractivity contribution in [1.29, 1.82) is 5.26 Å². The predicted octanol–water partition coefficient (Wildman–Crippen LogP) is 3.37. The molecule has 0 fully saturated rings. The highest BCUT2D eigenvalue weighted by Gasteiger charge is 2.18. The van der Waals surface area contributed by atoms with Crippen molar-refractivity contribution in [1.82, 2.24) is 4.98 Å². The molecule has 0 saturated heterocycles. The Morgan fingerprint density at radius 3 is 2.62 bits per heavy atom. The van der Waals surface area contributed by atoms with E-state index in [-0.39, 0.29) is 26.5 Å². The Kier molecular flexibility index (Phi) is 4.37. The third kappa shape index (κ3) is 3.45. The molecule has 8 heteroatoms. The van der Waals surface area contributed by atoms with Crippen LogP contribution in [0.25, 0.3) is 0 Å². The first-order valence-electron chi connectivity index (χ1n) is 5.69. The Labute approximate surface area is 132 Å². The van der Waals surface area contributed by atoms with Crippen LogP contribution >= 0.6 is 23.2 Å². The van der Waals surface area contributed by atoms with E-state index in [1.165, 1.54) is 30.3 Å². The molecule has 2 rings (SSSR count). The van der Waals surface area contributed by atoms with Gasteiger partial charge in [-0.3, -0.25) is 4.72 Å². The van der Waals surface area contributed by atoms with Crippen molar-refractivity contribution in [3.05, 3.63) is 51.8 Å². The number of aryl methyl sites for hydroxylation is 1. The summed E-state index contributed by atoms with van der Waals surface area (Å²) in [7, 11) is -3.87. The van der Waals surface area contributed by atoms with Gasteiger partial charge in [-0.05, 0) is 36.8 Å². The zero-order valence-electron chi connectivity index (χ0n) is 10.8. The molecule has 2 aromatic rings. The first kappa shape index (κ1) is 15.6. The van der Waals surface area contributed by atoms with E-state index in [0.717, 1.165) is 0 Å². The number of aromatic nitrogens is 1. The van der Waals surface area contributed by atoms with E-state index in [2.05, 4.69) is 9.71 Å². The van der Waals surface area contributed by atoms with Crippen LogP contribution in [0.2, 0.25) is 10.3 Å². The molecule has 1 heterocycles. The van der Waals surface area contributed by atoms with Crippen LogP contribution in [0.15, 0.2) is 35.2 Å². The molecule has 1 aromatic carbocycles. The number of rotatable bonds is 3. The lowest BCUT2D eigenvalue weighted by molar-refractivity contribution is 0.601. The minimum atomic E-state index is -3.87. The molecule has 0 unspecified atom stereocenters. The quantitative estimate of drug-likeness (QED) is 0.867. The Morgan fingerprint density at radius 2 is 2.00 bits per heavy atom. The molecular weight excluding hydrogens is 333 g/mol. The summed E-state index contributed by atoms with van der Waals surface area (Å²) >= 11 is 11.7. The molecule has 1 N–H and O–H groups in total. The van der Waals surface area contributed by atoms with Crippen molar-refractivity contribution in [2.24, 2.45) is 0 Å². The summed E-state index contributed by atoms with van der Waals surface area (Å²) < 4.78 is 27.0. The molecule has 0 aliphatic rings. The lowest BCUT2D eigenvalue weighted by Gasteiger charge is -2.12. The Balaban J connectivity index is 2.45. The van der Waals surface area contributed by atoms with Crippen LogP contribution in [0.3, 0.4) is 0 Å². The lowest BCUT2D eigenvalue weighted by Crippen LogP contribution is -2.14. The predicted molar refractivity (Wildman–Crippen MR) is 81.0 cm³/mol. The molecule has 21 heavy (non-hydrogen) atoms. The van der Waals surface area contributed by atoms with Gasteiger partial charge in [-0.2, -0.15) is 5.26 Å². The summed E-state index contributed by atoms with van der Waals surface area (Å²) in [5, 5.41) is 8.96. The number of hydrogen-bond donors (Lipinski definition) is 1. The fraction of sp³-hybridized carbons (Fsp3) is 0.0769. The van der Waals surface area contributed by atoms with Crippen molar-refractivity contribution >= 4 is 38.9 Å². The van der Waals surface area contributed by atoms with Gasteiger partial charge < -0.3 is 0 Å². The maximum absolute atomic E-state index is 12.3. The summed E-state index contributed by atoms with van der Waals surface area (Å²) in [4.78, 5) is 3.76. The van der Waals surface area contributed by atoms with Crippen molar-refractivity contribution in [3.63, 3.8) is 0 Å². The number of pyridine rings is 1. The van der Waals surface area contributed by atoms with Gasteiger partial charge in [-0.25, -0.2) is 13.4 Å². The zero-order valence-corrected chi connectivity index (χ0v) is 13.1. The highest BCUT2D eigenvalue weighted by atomic mass is 35.5. The van der Waals surface area contributed by atoms with Gasteiger partial charge in [0, 0.05) is 0 Å². The first-order valence-corrected chi connectivity index (χ1v) is 7.93. The van der Waals surface area contributed by atoms with Crippen LogP contribution < -0.4 is 4.72 Å². The average molecular weight is 342 g/mol. The maximum Gasteiger partial charge on any atom is 0.262 e. The molecule has 108 valence electrons. The van der Waals surface area contributed by atoms with Crippen LogP contribution in [0.4, 0.5) is 5.69 Å². The topological polar surface area (TPSA) is 82.8 Å². The normalized spacial score (nSPS) is 11.0. The average Bonchev–Trinajstić information content (AvgIpc) is 2.43. The molecule has 0 spiro atoms. The molecule has 0 atom stereocenters. The second-order valence-electron chi connectivity index (χ2n) is 4.17. The Hall–Kier alpha value is -1.81. The molecular formula is C13H9Cl2N3O2S. The number of hydrogen-bond acceptors (Lipinski definition) is 4. The Morgan fingerprint density at radius 1 is 1.29 bits per heavy atom. The van der Waals surface area contributed by atoms with Gasteiger partial charge in [0.15, 0.2) is 5.15 Å². The van der Waals surface area contributed by atoms with E-state index in [1.54, 1.807) is 6.92 Å². The van der Waals surface area contributed by atoms with Gasteiger partial charge in [0.05, 0.1) is 22.2 Å². The number of halogens is 2. The molecule has 0 saturated carbocycles. The van der Waals surface area contributed by atoms with E-state index < -0.39 is 10.0 Å². The van der Waals surface area contributed by atoms with Crippen molar-refractivity contribution in [3.8, 4) is 6.07 Å². The third-order valence-electron chi connectivity index (χ3n) is 2.65. The smallest absolute Gasteiger partial charge is 0.262 e. The van der Waals surface area contributed by atoms with Gasteiger partial charge in [-0.1, -0.05) is 29.3 Å². The van der Waals surface area contributed by atoms with E-state index >= 15 is 0 Å². The van der Waals surface area contributed by atoms with E-state index in [9.17, 15) is 8.42 Å². The van der Waals surface area contributed by atoms with Gasteiger partial charge in [0.1, 0.15) is 5.15 Å². The minimum absolute atomic E-state index is 0.0352. The fourth-order valence-electron chi connectivity index (χ4n) is 1.64. The summed E-state index contributed by atoms with van der Waals surface area (Å²) in [5.41, 5.74) is 0.943. The second-order valence-corrected chi connectivity index (χ2v) is 6.60. The van der Waals surface area contributed by atoms with Crippen LogP contribution in [0.1, 0.15) is 11.1 Å². The number of sulfonamides is 1. The van der Waals surface area contributed by atoms with Crippen molar-refractivity contribution in [2.45, 2.75) is 11.8 Å². The fourth-order valence-corrected chi connectivity index (χ4v) is 3.46. The molecule has 0 aliphatic carbocycles. The van der Waals surface area contributed by atoms with Gasteiger partial charge >= 0.3 is 0 Å². The molecule has 0 bridgehead atoms. The van der Waals surface area contributed by atoms with E-state index in [1.807, 2.05) is 6.07 Å². The van der Waals surface area contributed by atoms with Crippen molar-refractivity contribution < 1.29 is 8.42 Å². The largest absolute Gasteiger partial charge is 0.276 e. The summed E-state index contributed by atoms with van der Waals surface area (Å²) in [5.74, 6) is 0. The monoisotopic (exact) mass is 341 g/mol. The van der Waals surface area contributed by atoms with Gasteiger partial charge in [0.2, 0.25) is 0 Å². The maximum atomic E-state index is 12.3. The number of benzene rings is 1. The highest BCUT2D eigenvalue weighted by Crippen LogP contribution is 2.28. The Bertz CT molecular complexity index is 822. The van der Waals surface area contributed by atoms with Gasteiger partial charge in [-0.15, -0.1) is 0 Å². The van der Waals surface area contributed by atoms with E-state index in [4.69, 9.17) is 28.5 Å². The van der Waals surface area contributed by atoms with Crippen molar-refractivity contribution in [2.75, 3.05) is 4.72 Å². The molecule has 1 aromatic heterocycles. The SMILES string of the molecule is Cc1cc(Cl)nc(Cl)c1NS(=O)(=O)c1cccc(C#N)c1. The summed E-state index contributed by atoms with van der Waals surface area (Å²) in [6.45, 7) is 1.66. The zero-order chi connectivity index (χ0) is 15.6. The van der Waals surface area contributed by atoms with Crippen LogP contribution in [0.5, 0.6) is 0 Å². The third-order valence-corrected chi connectivity index (χ3v) is 4.47. The number of nitrogens with one attached hydrogen (secondary N) is 1. The van der Waals surface area contributed by atoms with Crippen LogP contribution in [-0.2, 0) is 10.0 Å². The number of nitriles is 1. The first-order chi connectivity index (χ1) is 9.83. The van der Waals surface area contributed by atoms with Crippen LogP contribution in [-0.4, -0.2) is 13.4 Å². The molecule has 0 aliphatic heterocycles. The summed E-state index contributed by atoms with van der Waals surface area (Å²) in [6.07, 6.45) is 0. The molecule has 0 radical (unpaired) electrons. The van der Waals surface area contributed by atoms with E-state index in [0.29, 0.717) is 5.56 Å². The molecule has 0 amide bonds. The standard InChI is InChI=1S/C13H9Cl2N3O2S/c1-8-5-11(14)17-13(15)12(8)18-21(19,20)10-4-2-3-9(6-10)7-16/h2-6,18H,1H3. The number of nitrogens with zero attached hydrogens (tertiary/aromatic N) is 2. The van der Waals surface area contributed by atoms with Crippen LogP contribution in [0, 0.1) is 18.3 Å². The second kappa shape index (κ2) is 5.90. The number of anilines is 1.